The molecule has 1 aliphatic heterocycles. The zero-order valence-electron chi connectivity index (χ0n) is 15.2. The Morgan fingerprint density at radius 2 is 2.12 bits per heavy atom. The van der Waals surface area contributed by atoms with E-state index in [1.807, 2.05) is 35.7 Å². The van der Waals surface area contributed by atoms with Crippen LogP contribution < -0.4 is 0 Å². The predicted octanol–water partition coefficient (Wildman–Crippen LogP) is 3.42. The molecule has 1 atom stereocenters. The molecule has 7 heteroatoms. The molecule has 1 fully saturated rings. The van der Waals surface area contributed by atoms with Crippen LogP contribution >= 0.6 is 11.3 Å². The smallest absolute Gasteiger partial charge is 0.410 e. The topological polar surface area (TPSA) is 62.7 Å². The summed E-state index contributed by atoms with van der Waals surface area (Å²) in [5.74, 6) is 0.240. The first kappa shape index (κ1) is 18.4. The Labute approximate surface area is 157 Å². The van der Waals surface area contributed by atoms with Crippen LogP contribution in [0.5, 0.6) is 0 Å². The van der Waals surface area contributed by atoms with Gasteiger partial charge >= 0.3 is 6.09 Å². The maximum atomic E-state index is 12.6. The molecule has 0 N–H and O–H groups in total. The lowest BCUT2D eigenvalue weighted by atomic mass is 10.1. The molecule has 1 aliphatic rings. The normalized spacial score (nSPS) is 16.8. The summed E-state index contributed by atoms with van der Waals surface area (Å²) in [5.41, 5.74) is 1.84. The Balaban J connectivity index is 1.64. The van der Waals surface area contributed by atoms with Gasteiger partial charge in [-0.15, -0.1) is 11.3 Å². The zero-order valence-corrected chi connectivity index (χ0v) is 16.0. The van der Waals surface area contributed by atoms with Crippen molar-refractivity contribution in [2.45, 2.75) is 32.4 Å². The van der Waals surface area contributed by atoms with Crippen LogP contribution in [-0.4, -0.2) is 47.0 Å². The molecule has 0 spiro atoms. The first-order valence-corrected chi connectivity index (χ1v) is 9.50. The highest BCUT2D eigenvalue weighted by Crippen LogP contribution is 2.27. The van der Waals surface area contributed by atoms with Gasteiger partial charge < -0.3 is 9.64 Å². The van der Waals surface area contributed by atoms with Crippen molar-refractivity contribution >= 4 is 23.3 Å². The van der Waals surface area contributed by atoms with Gasteiger partial charge in [-0.25, -0.2) is 9.78 Å². The van der Waals surface area contributed by atoms with Gasteiger partial charge in [-0.1, -0.05) is 44.2 Å². The first-order valence-electron chi connectivity index (χ1n) is 8.62. The number of nitrogens with zero attached hydrogens (tertiary/aromatic N) is 3. The lowest BCUT2D eigenvalue weighted by molar-refractivity contribution is -0.131. The van der Waals surface area contributed by atoms with Gasteiger partial charge in [-0.2, -0.15) is 0 Å². The second-order valence-electron chi connectivity index (χ2n) is 6.71. The molecule has 0 radical (unpaired) electrons. The molecule has 0 saturated carbocycles. The van der Waals surface area contributed by atoms with Crippen LogP contribution in [0.2, 0.25) is 0 Å². The fourth-order valence-corrected chi connectivity index (χ4v) is 3.66. The molecule has 2 heterocycles. The molecule has 3 rings (SSSR count). The number of ether oxygens (including phenoxy) is 1. The summed E-state index contributed by atoms with van der Waals surface area (Å²) in [5, 5.41) is 3.05. The third kappa shape index (κ3) is 4.04. The van der Waals surface area contributed by atoms with Gasteiger partial charge in [0.05, 0.1) is 23.3 Å². The minimum absolute atomic E-state index is 0.00390. The van der Waals surface area contributed by atoms with Crippen LogP contribution in [0.4, 0.5) is 4.79 Å². The van der Waals surface area contributed by atoms with Crippen molar-refractivity contribution < 1.29 is 14.3 Å². The van der Waals surface area contributed by atoms with Crippen molar-refractivity contribution in [3.63, 3.8) is 0 Å². The number of likely N-dealkylation sites (N-methyl/N-ethyl adjacent to an activating group) is 1. The van der Waals surface area contributed by atoms with Crippen molar-refractivity contribution in [1.82, 2.24) is 14.8 Å². The molecule has 6 nitrogen and oxygen atoms in total. The number of amides is 2. The molecule has 26 heavy (non-hydrogen) atoms. The van der Waals surface area contributed by atoms with Crippen LogP contribution in [0.25, 0.3) is 0 Å². The predicted molar refractivity (Wildman–Crippen MR) is 99.9 cm³/mol. The summed E-state index contributed by atoms with van der Waals surface area (Å²) >= 11 is 1.61. The molecule has 0 unspecified atom stereocenters. The van der Waals surface area contributed by atoms with Crippen LogP contribution in [0.15, 0.2) is 35.7 Å². The van der Waals surface area contributed by atoms with Crippen molar-refractivity contribution in [3.05, 3.63) is 52.0 Å². The largest absolute Gasteiger partial charge is 0.447 e. The van der Waals surface area contributed by atoms with E-state index in [1.165, 1.54) is 4.90 Å². The summed E-state index contributed by atoms with van der Waals surface area (Å²) in [7, 11) is 1.73. The standard InChI is InChI=1S/C19H23N3O3S/c1-13(2)18-20-15(12-26-18)9-21(3)17(23)10-22-16(11-25-19(22)24)14-7-5-4-6-8-14/h4-8,12-13,16H,9-11H2,1-3H3/t16-/m1/s1. The van der Waals surface area contributed by atoms with Crippen molar-refractivity contribution in [2.24, 2.45) is 0 Å². The van der Waals surface area contributed by atoms with Gasteiger partial charge in [0.15, 0.2) is 0 Å². The van der Waals surface area contributed by atoms with E-state index in [4.69, 9.17) is 4.74 Å². The highest BCUT2D eigenvalue weighted by Gasteiger charge is 2.35. The maximum Gasteiger partial charge on any atom is 0.410 e. The highest BCUT2D eigenvalue weighted by atomic mass is 32.1. The van der Waals surface area contributed by atoms with E-state index < -0.39 is 6.09 Å². The van der Waals surface area contributed by atoms with Crippen molar-refractivity contribution in [1.29, 1.82) is 0 Å². The summed E-state index contributed by atoms with van der Waals surface area (Å²) in [6.45, 7) is 4.89. The van der Waals surface area contributed by atoms with E-state index >= 15 is 0 Å². The third-order valence-corrected chi connectivity index (χ3v) is 5.55. The molecular weight excluding hydrogens is 350 g/mol. The number of hydrogen-bond donors (Lipinski definition) is 0. The number of hydrogen-bond acceptors (Lipinski definition) is 5. The van der Waals surface area contributed by atoms with Crippen molar-refractivity contribution in [3.8, 4) is 0 Å². The number of thiazole rings is 1. The average molecular weight is 373 g/mol. The fourth-order valence-electron chi connectivity index (χ4n) is 2.83. The Hall–Kier alpha value is -2.41. The number of carbonyl (C=O) groups is 2. The number of aromatic nitrogens is 1. The van der Waals surface area contributed by atoms with Crippen LogP contribution in [0.3, 0.4) is 0 Å². The van der Waals surface area contributed by atoms with Crippen LogP contribution in [0.1, 0.15) is 42.1 Å². The van der Waals surface area contributed by atoms with E-state index in [1.54, 1.807) is 23.3 Å². The van der Waals surface area contributed by atoms with Gasteiger partial charge in [-0.05, 0) is 5.56 Å². The van der Waals surface area contributed by atoms with Gasteiger partial charge in [0, 0.05) is 18.3 Å². The third-order valence-electron chi connectivity index (χ3n) is 4.35. The van der Waals surface area contributed by atoms with Gasteiger partial charge in [0.2, 0.25) is 5.91 Å². The Bertz CT molecular complexity index is 775. The van der Waals surface area contributed by atoms with Gasteiger partial charge in [0.25, 0.3) is 0 Å². The SMILES string of the molecule is CC(C)c1nc(CN(C)C(=O)CN2C(=O)OC[C@@H]2c2ccccc2)cs1. The lowest BCUT2D eigenvalue weighted by Gasteiger charge is -2.24. The monoisotopic (exact) mass is 373 g/mol. The quantitative estimate of drug-likeness (QED) is 0.778. The van der Waals surface area contributed by atoms with Gasteiger partial charge in [0.1, 0.15) is 13.2 Å². The number of cyclic esters (lactones) is 1. The Morgan fingerprint density at radius 3 is 2.77 bits per heavy atom. The van der Waals surface area contributed by atoms with E-state index in [-0.39, 0.29) is 25.1 Å². The van der Waals surface area contributed by atoms with E-state index in [0.29, 0.717) is 12.5 Å². The molecule has 1 aromatic heterocycles. The van der Waals surface area contributed by atoms with Gasteiger partial charge in [-0.3, -0.25) is 9.69 Å². The summed E-state index contributed by atoms with van der Waals surface area (Å²) in [6.07, 6.45) is -0.448. The molecule has 2 aromatic rings. The second kappa shape index (κ2) is 7.86. The number of carbonyl (C=O) groups excluding carboxylic acids is 2. The van der Waals surface area contributed by atoms with E-state index in [2.05, 4.69) is 18.8 Å². The van der Waals surface area contributed by atoms with Crippen molar-refractivity contribution in [2.75, 3.05) is 20.2 Å². The van der Waals surface area contributed by atoms with E-state index in [9.17, 15) is 9.59 Å². The molecule has 2 amide bonds. The van der Waals surface area contributed by atoms with Crippen LogP contribution in [-0.2, 0) is 16.1 Å². The lowest BCUT2D eigenvalue weighted by Crippen LogP contribution is -2.39. The summed E-state index contributed by atoms with van der Waals surface area (Å²) in [4.78, 5) is 32.4. The number of rotatable bonds is 6. The second-order valence-corrected chi connectivity index (χ2v) is 7.60. The van der Waals surface area contributed by atoms with E-state index in [0.717, 1.165) is 16.3 Å². The molecule has 1 aromatic carbocycles. The minimum atomic E-state index is -0.448. The van der Waals surface area contributed by atoms with Crippen LogP contribution in [0, 0.1) is 0 Å². The number of benzene rings is 1. The zero-order chi connectivity index (χ0) is 18.7. The summed E-state index contributed by atoms with van der Waals surface area (Å²) in [6, 6.07) is 9.40. The molecule has 0 aliphatic carbocycles. The maximum absolute atomic E-state index is 12.6. The Morgan fingerprint density at radius 1 is 1.38 bits per heavy atom. The fraction of sp³-hybridized carbons (Fsp3) is 0.421. The summed E-state index contributed by atoms with van der Waals surface area (Å²) < 4.78 is 5.17. The molecule has 1 saturated heterocycles. The molecule has 0 bridgehead atoms. The highest BCUT2D eigenvalue weighted by molar-refractivity contribution is 7.09. The first-order chi connectivity index (χ1) is 12.5. The average Bonchev–Trinajstić information content (AvgIpc) is 3.23. The molecule has 138 valence electrons. The minimum Gasteiger partial charge on any atom is -0.447 e. The Kier molecular flexibility index (Phi) is 5.56. The molecular formula is C19H23N3O3S.